The Bertz CT molecular complexity index is 193. The van der Waals surface area contributed by atoms with Crippen LogP contribution < -0.4 is 0 Å². The van der Waals surface area contributed by atoms with E-state index in [0.29, 0.717) is 0 Å². The zero-order chi connectivity index (χ0) is 9.73. The lowest BCUT2D eigenvalue weighted by Crippen LogP contribution is -2.22. The Morgan fingerprint density at radius 3 is 2.69 bits per heavy atom. The lowest BCUT2D eigenvalue weighted by Gasteiger charge is -2.15. The smallest absolute Gasteiger partial charge is 0.0916 e. The molecule has 13 heavy (non-hydrogen) atoms. The van der Waals surface area contributed by atoms with E-state index >= 15 is 0 Å². The van der Waals surface area contributed by atoms with Crippen LogP contribution in [-0.4, -0.2) is 33.5 Å². The third-order valence-electron chi connectivity index (χ3n) is 1.98. The summed E-state index contributed by atoms with van der Waals surface area (Å²) in [6, 6.07) is 1.52. The molecule has 2 nitrogen and oxygen atoms in total. The standard InChI is InChI=1S/C10H19NOSi/c1-13(2,3)8-7-12-9-10-5-4-6-11-10/h4-6,10H,7-9H2,1-3H3. The highest BCUT2D eigenvalue weighted by Gasteiger charge is 2.12. The lowest BCUT2D eigenvalue weighted by atomic mass is 10.3. The summed E-state index contributed by atoms with van der Waals surface area (Å²) in [6.45, 7) is 8.74. The minimum absolute atomic E-state index is 0.279. The summed E-state index contributed by atoms with van der Waals surface area (Å²) in [4.78, 5) is 4.22. The lowest BCUT2D eigenvalue weighted by molar-refractivity contribution is 0.143. The number of hydrogen-bond acceptors (Lipinski definition) is 2. The van der Waals surface area contributed by atoms with Gasteiger partial charge in [0, 0.05) is 20.9 Å². The predicted molar refractivity (Wildman–Crippen MR) is 60.4 cm³/mol. The summed E-state index contributed by atoms with van der Waals surface area (Å²) in [6.07, 6.45) is 5.90. The van der Waals surface area contributed by atoms with Crippen molar-refractivity contribution < 1.29 is 4.74 Å². The van der Waals surface area contributed by atoms with E-state index in [1.54, 1.807) is 0 Å². The van der Waals surface area contributed by atoms with Crippen molar-refractivity contribution in [1.29, 1.82) is 0 Å². The van der Waals surface area contributed by atoms with Gasteiger partial charge in [0.15, 0.2) is 0 Å². The maximum atomic E-state index is 5.56. The minimum Gasteiger partial charge on any atom is -0.379 e. The van der Waals surface area contributed by atoms with Gasteiger partial charge in [0.25, 0.3) is 0 Å². The van der Waals surface area contributed by atoms with Crippen molar-refractivity contribution in [2.75, 3.05) is 13.2 Å². The van der Waals surface area contributed by atoms with Crippen LogP contribution in [0.2, 0.25) is 25.7 Å². The normalized spacial score (nSPS) is 21.3. The second-order valence-electron chi connectivity index (χ2n) is 4.64. The van der Waals surface area contributed by atoms with E-state index in [0.717, 1.165) is 13.2 Å². The topological polar surface area (TPSA) is 21.6 Å². The Hall–Kier alpha value is -0.413. The zero-order valence-corrected chi connectivity index (χ0v) is 9.79. The minimum atomic E-state index is -0.915. The molecule has 1 heterocycles. The molecule has 74 valence electrons. The van der Waals surface area contributed by atoms with Gasteiger partial charge in [-0.05, 0) is 12.1 Å². The average molecular weight is 197 g/mol. The van der Waals surface area contributed by atoms with Crippen molar-refractivity contribution in [3.8, 4) is 0 Å². The Morgan fingerprint density at radius 2 is 2.15 bits per heavy atom. The molecule has 1 aliphatic heterocycles. The van der Waals surface area contributed by atoms with Crippen LogP contribution in [0.4, 0.5) is 0 Å². The van der Waals surface area contributed by atoms with Crippen molar-refractivity contribution in [1.82, 2.24) is 0 Å². The van der Waals surface area contributed by atoms with Crippen LogP contribution in [0.1, 0.15) is 0 Å². The highest BCUT2D eigenvalue weighted by molar-refractivity contribution is 6.76. The van der Waals surface area contributed by atoms with Gasteiger partial charge in [-0.3, -0.25) is 4.99 Å². The molecule has 0 saturated heterocycles. The molecule has 0 radical (unpaired) electrons. The number of hydrogen-bond donors (Lipinski definition) is 0. The molecule has 0 aromatic carbocycles. The molecular formula is C10H19NOSi. The second-order valence-corrected chi connectivity index (χ2v) is 10.3. The molecule has 0 fully saturated rings. The summed E-state index contributed by atoms with van der Waals surface area (Å²) in [7, 11) is -0.915. The fourth-order valence-corrected chi connectivity index (χ4v) is 1.83. The van der Waals surface area contributed by atoms with Gasteiger partial charge in [0.2, 0.25) is 0 Å². The van der Waals surface area contributed by atoms with Gasteiger partial charge >= 0.3 is 0 Å². The Balaban J connectivity index is 2.01. The van der Waals surface area contributed by atoms with Gasteiger partial charge in [-0.2, -0.15) is 0 Å². The number of allylic oxidation sites excluding steroid dienone is 1. The molecule has 0 saturated carbocycles. The molecular weight excluding hydrogens is 178 g/mol. The first-order valence-corrected chi connectivity index (χ1v) is 8.56. The molecule has 1 unspecified atom stereocenters. The summed E-state index contributed by atoms with van der Waals surface area (Å²) in [5.41, 5.74) is 0. The van der Waals surface area contributed by atoms with Gasteiger partial charge in [-0.1, -0.05) is 25.7 Å². The summed E-state index contributed by atoms with van der Waals surface area (Å²) >= 11 is 0. The van der Waals surface area contributed by atoms with Crippen LogP contribution in [0.15, 0.2) is 17.1 Å². The van der Waals surface area contributed by atoms with E-state index < -0.39 is 8.07 Å². The van der Waals surface area contributed by atoms with Gasteiger partial charge in [-0.15, -0.1) is 0 Å². The molecule has 0 N–H and O–H groups in total. The van der Waals surface area contributed by atoms with Crippen molar-refractivity contribution in [2.45, 2.75) is 31.7 Å². The van der Waals surface area contributed by atoms with E-state index in [9.17, 15) is 0 Å². The molecule has 0 bridgehead atoms. The molecule has 1 rings (SSSR count). The van der Waals surface area contributed by atoms with Crippen molar-refractivity contribution in [3.05, 3.63) is 12.2 Å². The Kier molecular flexibility index (Phi) is 3.87. The Labute approximate surface area is 81.7 Å². The molecule has 3 heteroatoms. The van der Waals surface area contributed by atoms with E-state index in [2.05, 4.69) is 30.7 Å². The molecule has 0 spiro atoms. The fourth-order valence-electron chi connectivity index (χ4n) is 1.07. The SMILES string of the molecule is C[Si](C)(C)CCOCC1C=CC=N1. The van der Waals surface area contributed by atoms with E-state index in [1.807, 2.05) is 12.3 Å². The van der Waals surface area contributed by atoms with Crippen molar-refractivity contribution in [2.24, 2.45) is 4.99 Å². The fraction of sp³-hybridized carbons (Fsp3) is 0.700. The second kappa shape index (κ2) is 4.72. The van der Waals surface area contributed by atoms with Crippen LogP contribution in [0.5, 0.6) is 0 Å². The third-order valence-corrected chi connectivity index (χ3v) is 3.69. The third kappa shape index (κ3) is 5.00. The van der Waals surface area contributed by atoms with Gasteiger partial charge in [-0.25, -0.2) is 0 Å². The first kappa shape index (κ1) is 10.7. The summed E-state index contributed by atoms with van der Waals surface area (Å²) in [5, 5.41) is 0. The maximum absolute atomic E-state index is 5.56. The van der Waals surface area contributed by atoms with E-state index in [-0.39, 0.29) is 6.04 Å². The molecule has 0 aliphatic carbocycles. The number of ether oxygens (including phenoxy) is 1. The van der Waals surface area contributed by atoms with Crippen LogP contribution in [0.25, 0.3) is 0 Å². The van der Waals surface area contributed by atoms with Crippen LogP contribution >= 0.6 is 0 Å². The molecule has 0 aromatic rings. The van der Waals surface area contributed by atoms with Gasteiger partial charge < -0.3 is 4.74 Å². The highest BCUT2D eigenvalue weighted by Crippen LogP contribution is 2.08. The van der Waals surface area contributed by atoms with Crippen molar-refractivity contribution >= 4 is 14.3 Å². The Morgan fingerprint density at radius 1 is 1.38 bits per heavy atom. The first-order valence-electron chi connectivity index (χ1n) is 4.86. The van der Waals surface area contributed by atoms with Crippen LogP contribution in [0.3, 0.4) is 0 Å². The highest BCUT2D eigenvalue weighted by atomic mass is 28.3. The van der Waals surface area contributed by atoms with Crippen LogP contribution in [0, 0.1) is 0 Å². The summed E-state index contributed by atoms with van der Waals surface area (Å²) < 4.78 is 5.56. The van der Waals surface area contributed by atoms with Crippen LogP contribution in [-0.2, 0) is 4.74 Å². The predicted octanol–water partition coefficient (Wildman–Crippen LogP) is 2.35. The first-order chi connectivity index (χ1) is 6.08. The number of rotatable bonds is 5. The summed E-state index contributed by atoms with van der Waals surface area (Å²) in [5.74, 6) is 0. The van der Waals surface area contributed by atoms with E-state index in [4.69, 9.17) is 4.74 Å². The quantitative estimate of drug-likeness (QED) is 0.490. The largest absolute Gasteiger partial charge is 0.379 e. The van der Waals surface area contributed by atoms with Crippen molar-refractivity contribution in [3.63, 3.8) is 0 Å². The monoisotopic (exact) mass is 197 g/mol. The molecule has 1 aliphatic rings. The average Bonchev–Trinajstić information content (AvgIpc) is 2.48. The van der Waals surface area contributed by atoms with Gasteiger partial charge in [0.05, 0.1) is 12.6 Å². The van der Waals surface area contributed by atoms with E-state index in [1.165, 1.54) is 6.04 Å². The molecule has 0 aromatic heterocycles. The number of aliphatic imine (C=N–C) groups is 1. The molecule has 0 amide bonds. The van der Waals surface area contributed by atoms with Gasteiger partial charge in [0.1, 0.15) is 0 Å². The number of nitrogens with zero attached hydrogens (tertiary/aromatic N) is 1. The molecule has 1 atom stereocenters. The zero-order valence-electron chi connectivity index (χ0n) is 8.79. The maximum Gasteiger partial charge on any atom is 0.0916 e.